The first kappa shape index (κ1) is 19.3. The number of rotatable bonds is 6. The van der Waals surface area contributed by atoms with Crippen molar-refractivity contribution in [2.45, 2.75) is 33.4 Å². The molecule has 8 nitrogen and oxygen atoms in total. The number of carbonyl (C=O) groups is 2. The average molecular weight is 380 g/mol. The number of benzene rings is 1. The van der Waals surface area contributed by atoms with Gasteiger partial charge in [0.2, 0.25) is 5.91 Å². The summed E-state index contributed by atoms with van der Waals surface area (Å²) in [7, 11) is 0. The van der Waals surface area contributed by atoms with Gasteiger partial charge in [-0.2, -0.15) is 5.10 Å². The molecule has 0 aliphatic heterocycles. The Balaban J connectivity index is 1.47. The van der Waals surface area contributed by atoms with Crippen LogP contribution in [-0.2, 0) is 11.3 Å². The summed E-state index contributed by atoms with van der Waals surface area (Å²) < 4.78 is 1.82. The Morgan fingerprint density at radius 1 is 1.11 bits per heavy atom. The Labute approximate surface area is 163 Å². The second-order valence-electron chi connectivity index (χ2n) is 6.89. The normalized spacial score (nSPS) is 10.9. The van der Waals surface area contributed by atoms with Gasteiger partial charge in [-0.1, -0.05) is 29.8 Å². The lowest BCUT2D eigenvalue weighted by Crippen LogP contribution is -2.39. The molecule has 146 valence electrons. The standard InChI is InChI=1S/C20H24N6O2/c1-13(2)26-19-16(10-24-26)8-17(11-21-19)25-18(27)12-23-20(28)22-9-15-6-4-14(3)5-7-15/h4-8,10-11,13H,9,12H2,1-3H3,(H,25,27)(H2,22,23,28). The first-order valence-electron chi connectivity index (χ1n) is 9.13. The number of aromatic nitrogens is 3. The molecule has 3 aromatic rings. The number of fused-ring (bicyclic) bond motifs is 1. The number of nitrogens with zero attached hydrogens (tertiary/aromatic N) is 3. The fourth-order valence-corrected chi connectivity index (χ4v) is 2.70. The lowest BCUT2D eigenvalue weighted by atomic mass is 10.1. The highest BCUT2D eigenvalue weighted by Crippen LogP contribution is 2.18. The number of aryl methyl sites for hydroxylation is 1. The Morgan fingerprint density at radius 2 is 1.86 bits per heavy atom. The number of hydrogen-bond donors (Lipinski definition) is 3. The zero-order chi connectivity index (χ0) is 20.1. The van der Waals surface area contributed by atoms with Crippen LogP contribution >= 0.6 is 0 Å². The van der Waals surface area contributed by atoms with Crippen LogP contribution < -0.4 is 16.0 Å². The van der Waals surface area contributed by atoms with Gasteiger partial charge >= 0.3 is 6.03 Å². The molecule has 2 heterocycles. The van der Waals surface area contributed by atoms with E-state index in [1.165, 1.54) is 0 Å². The molecule has 0 aliphatic carbocycles. The van der Waals surface area contributed by atoms with Gasteiger partial charge in [0.15, 0.2) is 5.65 Å². The molecule has 0 saturated carbocycles. The van der Waals surface area contributed by atoms with Crippen LogP contribution in [0.5, 0.6) is 0 Å². The predicted octanol–water partition coefficient (Wildman–Crippen LogP) is 2.76. The van der Waals surface area contributed by atoms with Crippen LogP contribution in [0.3, 0.4) is 0 Å². The molecule has 0 saturated heterocycles. The van der Waals surface area contributed by atoms with Crippen molar-refractivity contribution in [1.82, 2.24) is 25.4 Å². The van der Waals surface area contributed by atoms with Gasteiger partial charge in [-0.3, -0.25) is 4.79 Å². The molecule has 0 bridgehead atoms. The fraction of sp³-hybridized carbons (Fsp3) is 0.300. The molecule has 28 heavy (non-hydrogen) atoms. The van der Waals surface area contributed by atoms with Crippen molar-refractivity contribution >= 4 is 28.7 Å². The molecule has 3 rings (SSSR count). The molecule has 3 amide bonds. The monoisotopic (exact) mass is 380 g/mol. The van der Waals surface area contributed by atoms with E-state index in [2.05, 4.69) is 26.0 Å². The van der Waals surface area contributed by atoms with E-state index in [0.29, 0.717) is 12.2 Å². The van der Waals surface area contributed by atoms with Gasteiger partial charge in [0, 0.05) is 18.0 Å². The van der Waals surface area contributed by atoms with Gasteiger partial charge < -0.3 is 16.0 Å². The highest BCUT2D eigenvalue weighted by Gasteiger charge is 2.10. The third kappa shape index (κ3) is 4.85. The van der Waals surface area contributed by atoms with Gasteiger partial charge in [-0.05, 0) is 32.4 Å². The van der Waals surface area contributed by atoms with E-state index >= 15 is 0 Å². The van der Waals surface area contributed by atoms with Crippen LogP contribution in [0.25, 0.3) is 11.0 Å². The molecule has 2 aromatic heterocycles. The van der Waals surface area contributed by atoms with Crippen molar-refractivity contribution in [3.8, 4) is 0 Å². The van der Waals surface area contributed by atoms with Crippen LogP contribution in [0.15, 0.2) is 42.7 Å². The molecular formula is C20H24N6O2. The van der Waals surface area contributed by atoms with Crippen molar-refractivity contribution < 1.29 is 9.59 Å². The number of urea groups is 1. The van der Waals surface area contributed by atoms with E-state index in [1.807, 2.05) is 55.8 Å². The van der Waals surface area contributed by atoms with E-state index in [9.17, 15) is 9.59 Å². The highest BCUT2D eigenvalue weighted by molar-refractivity contribution is 5.95. The maximum Gasteiger partial charge on any atom is 0.315 e. The minimum atomic E-state index is -0.400. The van der Waals surface area contributed by atoms with Gasteiger partial charge in [0.25, 0.3) is 0 Å². The molecule has 0 aliphatic rings. The molecule has 3 N–H and O–H groups in total. The van der Waals surface area contributed by atoms with Crippen molar-refractivity contribution in [1.29, 1.82) is 0 Å². The Hall–Kier alpha value is -3.42. The quantitative estimate of drug-likeness (QED) is 0.612. The number of nitrogens with one attached hydrogen (secondary N) is 3. The molecular weight excluding hydrogens is 356 g/mol. The Bertz CT molecular complexity index is 978. The summed E-state index contributed by atoms with van der Waals surface area (Å²) >= 11 is 0. The van der Waals surface area contributed by atoms with Gasteiger partial charge in [0.1, 0.15) is 0 Å². The summed E-state index contributed by atoms with van der Waals surface area (Å²) in [6.07, 6.45) is 3.30. The van der Waals surface area contributed by atoms with Crippen molar-refractivity contribution in [2.24, 2.45) is 0 Å². The molecule has 0 radical (unpaired) electrons. The van der Waals surface area contributed by atoms with E-state index in [-0.39, 0.29) is 18.5 Å². The molecule has 0 fully saturated rings. The number of hydrogen-bond acceptors (Lipinski definition) is 4. The SMILES string of the molecule is Cc1ccc(CNC(=O)NCC(=O)Nc2cnc3c(cnn3C(C)C)c2)cc1. The van der Waals surface area contributed by atoms with Crippen LogP contribution in [0, 0.1) is 6.92 Å². The van der Waals surface area contributed by atoms with Gasteiger partial charge in [-0.15, -0.1) is 0 Å². The average Bonchev–Trinajstić information content (AvgIpc) is 3.09. The summed E-state index contributed by atoms with van der Waals surface area (Å²) in [5, 5.41) is 13.1. The van der Waals surface area contributed by atoms with Crippen LogP contribution in [-0.4, -0.2) is 33.2 Å². The second-order valence-corrected chi connectivity index (χ2v) is 6.89. The minimum absolute atomic E-state index is 0.136. The summed E-state index contributed by atoms with van der Waals surface area (Å²) in [6.45, 7) is 6.32. The van der Waals surface area contributed by atoms with Crippen LogP contribution in [0.1, 0.15) is 31.0 Å². The maximum atomic E-state index is 12.1. The second kappa shape index (κ2) is 8.51. The molecule has 0 atom stereocenters. The fourth-order valence-electron chi connectivity index (χ4n) is 2.70. The van der Waals surface area contributed by atoms with E-state index in [4.69, 9.17) is 0 Å². The molecule has 0 spiro atoms. The number of amides is 3. The number of carbonyl (C=O) groups excluding carboxylic acids is 2. The Morgan fingerprint density at radius 3 is 2.57 bits per heavy atom. The summed E-state index contributed by atoms with van der Waals surface area (Å²) in [5.74, 6) is -0.331. The first-order chi connectivity index (χ1) is 13.4. The topological polar surface area (TPSA) is 101 Å². The first-order valence-corrected chi connectivity index (χ1v) is 9.13. The molecule has 8 heteroatoms. The molecule has 0 unspecified atom stereocenters. The number of pyridine rings is 1. The smallest absolute Gasteiger partial charge is 0.315 e. The lowest BCUT2D eigenvalue weighted by molar-refractivity contribution is -0.115. The maximum absolute atomic E-state index is 12.1. The lowest BCUT2D eigenvalue weighted by Gasteiger charge is -2.09. The zero-order valence-electron chi connectivity index (χ0n) is 16.2. The zero-order valence-corrected chi connectivity index (χ0v) is 16.2. The van der Waals surface area contributed by atoms with Crippen LogP contribution in [0.2, 0.25) is 0 Å². The molecule has 1 aromatic carbocycles. The summed E-state index contributed by atoms with van der Waals surface area (Å²) in [4.78, 5) is 28.3. The summed E-state index contributed by atoms with van der Waals surface area (Å²) in [6, 6.07) is 9.48. The van der Waals surface area contributed by atoms with Crippen molar-refractivity contribution in [2.75, 3.05) is 11.9 Å². The van der Waals surface area contributed by atoms with Gasteiger partial charge in [0.05, 0.1) is 24.6 Å². The largest absolute Gasteiger partial charge is 0.334 e. The Kier molecular flexibility index (Phi) is 5.88. The van der Waals surface area contributed by atoms with Crippen molar-refractivity contribution in [3.05, 3.63) is 53.9 Å². The van der Waals surface area contributed by atoms with E-state index in [1.54, 1.807) is 12.4 Å². The van der Waals surface area contributed by atoms with Crippen molar-refractivity contribution in [3.63, 3.8) is 0 Å². The predicted molar refractivity (Wildman–Crippen MR) is 108 cm³/mol. The van der Waals surface area contributed by atoms with Crippen LogP contribution in [0.4, 0.5) is 10.5 Å². The third-order valence-corrected chi connectivity index (χ3v) is 4.19. The third-order valence-electron chi connectivity index (χ3n) is 4.19. The minimum Gasteiger partial charge on any atom is -0.334 e. The summed E-state index contributed by atoms with van der Waals surface area (Å²) in [5.41, 5.74) is 3.48. The van der Waals surface area contributed by atoms with E-state index in [0.717, 1.165) is 22.2 Å². The number of anilines is 1. The van der Waals surface area contributed by atoms with Gasteiger partial charge in [-0.25, -0.2) is 14.5 Å². The van der Waals surface area contributed by atoms with E-state index < -0.39 is 6.03 Å². The highest BCUT2D eigenvalue weighted by atomic mass is 16.2.